The Balaban J connectivity index is 1.61. The monoisotopic (exact) mass is 310 g/mol. The molecule has 0 aliphatic carbocycles. The number of carbonyl (C=O) groups is 1. The predicted octanol–water partition coefficient (Wildman–Crippen LogP) is 1.86. The number of aromatic nitrogens is 5. The SMILES string of the molecule is Cc1cnn(CCC(=O)Nc2ccccc2Cn2cncn2)c1. The van der Waals surface area contributed by atoms with Gasteiger partial charge in [0.15, 0.2) is 0 Å². The molecule has 1 amide bonds. The van der Waals surface area contributed by atoms with Gasteiger partial charge < -0.3 is 5.32 Å². The molecule has 3 rings (SSSR count). The summed E-state index contributed by atoms with van der Waals surface area (Å²) in [4.78, 5) is 16.1. The largest absolute Gasteiger partial charge is 0.326 e. The van der Waals surface area contributed by atoms with E-state index in [4.69, 9.17) is 0 Å². The molecule has 0 atom stereocenters. The molecule has 7 heteroatoms. The molecule has 1 aromatic carbocycles. The zero-order valence-corrected chi connectivity index (χ0v) is 12.9. The minimum absolute atomic E-state index is 0.0378. The van der Waals surface area contributed by atoms with Crippen LogP contribution in [0.2, 0.25) is 0 Å². The van der Waals surface area contributed by atoms with Crippen molar-refractivity contribution in [1.29, 1.82) is 0 Å². The Hall–Kier alpha value is -2.96. The molecule has 0 saturated heterocycles. The number of hydrogen-bond donors (Lipinski definition) is 1. The number of para-hydroxylation sites is 1. The normalized spacial score (nSPS) is 10.7. The van der Waals surface area contributed by atoms with Crippen LogP contribution in [0.3, 0.4) is 0 Å². The molecule has 0 saturated carbocycles. The van der Waals surface area contributed by atoms with Crippen molar-refractivity contribution in [3.63, 3.8) is 0 Å². The molecule has 0 radical (unpaired) electrons. The average Bonchev–Trinajstić information content (AvgIpc) is 3.19. The van der Waals surface area contributed by atoms with Crippen LogP contribution in [0, 0.1) is 6.92 Å². The minimum Gasteiger partial charge on any atom is -0.326 e. The molecule has 0 aliphatic rings. The van der Waals surface area contributed by atoms with Gasteiger partial charge in [-0.15, -0.1) is 0 Å². The molecule has 0 aliphatic heterocycles. The van der Waals surface area contributed by atoms with E-state index in [1.165, 1.54) is 6.33 Å². The van der Waals surface area contributed by atoms with Gasteiger partial charge in [-0.25, -0.2) is 9.67 Å². The maximum atomic E-state index is 12.2. The van der Waals surface area contributed by atoms with Gasteiger partial charge in [-0.3, -0.25) is 9.48 Å². The summed E-state index contributed by atoms with van der Waals surface area (Å²) in [6.45, 7) is 3.10. The van der Waals surface area contributed by atoms with E-state index in [-0.39, 0.29) is 5.91 Å². The molecule has 0 spiro atoms. The summed E-state index contributed by atoms with van der Waals surface area (Å²) in [5.41, 5.74) is 2.87. The molecule has 0 unspecified atom stereocenters. The van der Waals surface area contributed by atoms with Crippen LogP contribution in [0.5, 0.6) is 0 Å². The van der Waals surface area contributed by atoms with E-state index >= 15 is 0 Å². The average molecular weight is 310 g/mol. The van der Waals surface area contributed by atoms with Crippen LogP contribution in [0.15, 0.2) is 49.3 Å². The number of nitrogens with one attached hydrogen (secondary N) is 1. The predicted molar refractivity (Wildman–Crippen MR) is 85.8 cm³/mol. The summed E-state index contributed by atoms with van der Waals surface area (Å²) in [5.74, 6) is -0.0378. The Morgan fingerprint density at radius 2 is 2.09 bits per heavy atom. The molecule has 118 valence electrons. The molecule has 23 heavy (non-hydrogen) atoms. The minimum atomic E-state index is -0.0378. The second-order valence-electron chi connectivity index (χ2n) is 5.33. The first-order valence-corrected chi connectivity index (χ1v) is 7.40. The number of aryl methyl sites for hydroxylation is 2. The number of amides is 1. The fourth-order valence-corrected chi connectivity index (χ4v) is 2.29. The van der Waals surface area contributed by atoms with E-state index in [2.05, 4.69) is 20.5 Å². The number of nitrogens with zero attached hydrogens (tertiary/aromatic N) is 5. The Kier molecular flexibility index (Phi) is 4.46. The number of hydrogen-bond acceptors (Lipinski definition) is 4. The van der Waals surface area contributed by atoms with Crippen molar-refractivity contribution in [2.45, 2.75) is 26.4 Å². The molecular formula is C16H18N6O. The van der Waals surface area contributed by atoms with Crippen molar-refractivity contribution >= 4 is 11.6 Å². The highest BCUT2D eigenvalue weighted by Gasteiger charge is 2.08. The van der Waals surface area contributed by atoms with Gasteiger partial charge >= 0.3 is 0 Å². The quantitative estimate of drug-likeness (QED) is 0.754. The zero-order valence-electron chi connectivity index (χ0n) is 12.9. The molecule has 0 fully saturated rings. The highest BCUT2D eigenvalue weighted by molar-refractivity contribution is 5.91. The maximum Gasteiger partial charge on any atom is 0.226 e. The van der Waals surface area contributed by atoms with Crippen molar-refractivity contribution in [1.82, 2.24) is 24.5 Å². The molecule has 1 N–H and O–H groups in total. The van der Waals surface area contributed by atoms with Gasteiger partial charge in [0.1, 0.15) is 12.7 Å². The van der Waals surface area contributed by atoms with Crippen LogP contribution in [-0.4, -0.2) is 30.5 Å². The van der Waals surface area contributed by atoms with Gasteiger partial charge in [0.25, 0.3) is 0 Å². The molecule has 2 aromatic heterocycles. The van der Waals surface area contributed by atoms with E-state index in [1.807, 2.05) is 37.4 Å². The van der Waals surface area contributed by atoms with Gasteiger partial charge in [0, 0.05) is 24.8 Å². The number of anilines is 1. The lowest BCUT2D eigenvalue weighted by Crippen LogP contribution is -2.16. The third kappa shape index (κ3) is 4.03. The van der Waals surface area contributed by atoms with Gasteiger partial charge in [0.2, 0.25) is 5.91 Å². The van der Waals surface area contributed by atoms with Crippen LogP contribution in [0.4, 0.5) is 5.69 Å². The molecule has 7 nitrogen and oxygen atoms in total. The van der Waals surface area contributed by atoms with Crippen molar-refractivity contribution < 1.29 is 4.79 Å². The van der Waals surface area contributed by atoms with Crippen molar-refractivity contribution in [3.8, 4) is 0 Å². The highest BCUT2D eigenvalue weighted by atomic mass is 16.1. The van der Waals surface area contributed by atoms with Gasteiger partial charge in [-0.05, 0) is 24.1 Å². The van der Waals surface area contributed by atoms with E-state index in [1.54, 1.807) is 21.9 Å². The third-order valence-electron chi connectivity index (χ3n) is 3.42. The van der Waals surface area contributed by atoms with E-state index in [0.29, 0.717) is 19.5 Å². The van der Waals surface area contributed by atoms with Crippen LogP contribution < -0.4 is 5.32 Å². The second kappa shape index (κ2) is 6.87. The van der Waals surface area contributed by atoms with E-state index in [9.17, 15) is 4.79 Å². The Labute approximate surface area is 134 Å². The van der Waals surface area contributed by atoms with Gasteiger partial charge in [-0.1, -0.05) is 18.2 Å². The fourth-order valence-electron chi connectivity index (χ4n) is 2.29. The summed E-state index contributed by atoms with van der Waals surface area (Å²) in [6, 6.07) is 7.70. The number of carbonyl (C=O) groups excluding carboxylic acids is 1. The van der Waals surface area contributed by atoms with Crippen LogP contribution in [0.25, 0.3) is 0 Å². The maximum absolute atomic E-state index is 12.2. The molecule has 0 bridgehead atoms. The lowest BCUT2D eigenvalue weighted by atomic mass is 10.1. The van der Waals surface area contributed by atoms with Crippen LogP contribution in [0.1, 0.15) is 17.5 Å². The highest BCUT2D eigenvalue weighted by Crippen LogP contribution is 2.16. The summed E-state index contributed by atoms with van der Waals surface area (Å²) in [7, 11) is 0. The van der Waals surface area contributed by atoms with Crippen molar-refractivity contribution in [2.24, 2.45) is 0 Å². The Bertz CT molecular complexity index is 777. The van der Waals surface area contributed by atoms with Crippen molar-refractivity contribution in [2.75, 3.05) is 5.32 Å². The zero-order chi connectivity index (χ0) is 16.1. The first kappa shape index (κ1) is 15.0. The smallest absolute Gasteiger partial charge is 0.226 e. The summed E-state index contributed by atoms with van der Waals surface area (Å²) in [6.07, 6.45) is 7.22. The van der Waals surface area contributed by atoms with Crippen LogP contribution in [-0.2, 0) is 17.9 Å². The van der Waals surface area contributed by atoms with E-state index < -0.39 is 0 Å². The van der Waals surface area contributed by atoms with Gasteiger partial charge in [-0.2, -0.15) is 10.2 Å². The lowest BCUT2D eigenvalue weighted by Gasteiger charge is -2.11. The summed E-state index contributed by atoms with van der Waals surface area (Å²) >= 11 is 0. The lowest BCUT2D eigenvalue weighted by molar-refractivity contribution is -0.116. The Morgan fingerprint density at radius 1 is 1.22 bits per heavy atom. The molecular weight excluding hydrogens is 292 g/mol. The number of rotatable bonds is 6. The first-order valence-electron chi connectivity index (χ1n) is 7.40. The summed E-state index contributed by atoms with van der Waals surface area (Å²) < 4.78 is 3.49. The van der Waals surface area contributed by atoms with Gasteiger partial charge in [0.05, 0.1) is 12.7 Å². The van der Waals surface area contributed by atoms with Crippen LogP contribution >= 0.6 is 0 Å². The molecule has 3 aromatic rings. The standard InChI is InChI=1S/C16H18N6O/c1-13-8-18-21(9-13)7-6-16(23)20-15-5-3-2-4-14(15)10-22-12-17-11-19-22/h2-5,8-9,11-12H,6-7,10H2,1H3,(H,20,23). The molecule has 2 heterocycles. The van der Waals surface area contributed by atoms with E-state index in [0.717, 1.165) is 16.8 Å². The Morgan fingerprint density at radius 3 is 2.83 bits per heavy atom. The third-order valence-corrected chi connectivity index (χ3v) is 3.42. The topological polar surface area (TPSA) is 77.6 Å². The second-order valence-corrected chi connectivity index (χ2v) is 5.33. The summed E-state index contributed by atoms with van der Waals surface area (Å²) in [5, 5.41) is 11.2. The van der Waals surface area contributed by atoms with Crippen molar-refractivity contribution in [3.05, 3.63) is 60.4 Å². The fraction of sp³-hybridized carbons (Fsp3) is 0.250. The first-order chi connectivity index (χ1) is 11.2. The number of benzene rings is 1.